The Hall–Kier alpha value is -1.01. The number of carboxylic acids is 1. The number of allylic oxidation sites excluding steroid dienone is 1. The Labute approximate surface area is 94.3 Å². The molecule has 1 rings (SSSR count). The monoisotopic (exact) mass is 256 g/mol. The molecule has 0 fully saturated rings. The van der Waals surface area contributed by atoms with E-state index in [4.69, 9.17) is 34.0 Å². The highest BCUT2D eigenvalue weighted by molar-refractivity contribution is 6.69. The van der Waals surface area contributed by atoms with Gasteiger partial charge < -0.3 is 15.6 Å². The summed E-state index contributed by atoms with van der Waals surface area (Å²) in [6, 6.07) is -1.88. The van der Waals surface area contributed by atoms with E-state index in [1.54, 1.807) is 0 Å². The SMILES string of the molecule is COC1=C(N)C(F)(Cl)C(C(=O)O)N=C1Cl. The molecule has 0 aromatic rings. The number of nitrogens with zero attached hydrogens (tertiary/aromatic N) is 1. The summed E-state index contributed by atoms with van der Waals surface area (Å²) in [7, 11) is 1.19. The lowest BCUT2D eigenvalue weighted by Gasteiger charge is -2.28. The van der Waals surface area contributed by atoms with Crippen molar-refractivity contribution in [2.75, 3.05) is 7.11 Å². The summed E-state index contributed by atoms with van der Waals surface area (Å²) in [6.07, 6.45) is 0. The molecule has 0 aromatic heterocycles. The smallest absolute Gasteiger partial charge is 0.333 e. The van der Waals surface area contributed by atoms with E-state index in [1.807, 2.05) is 0 Å². The number of halogens is 3. The third-order valence-electron chi connectivity index (χ3n) is 1.81. The molecule has 3 N–H and O–H groups in total. The number of nitrogens with two attached hydrogens (primary N) is 1. The van der Waals surface area contributed by atoms with Crippen molar-refractivity contribution >= 4 is 34.3 Å². The van der Waals surface area contributed by atoms with Crippen LogP contribution in [0.15, 0.2) is 16.4 Å². The fourth-order valence-electron chi connectivity index (χ4n) is 1.07. The Morgan fingerprint density at radius 3 is 2.73 bits per heavy atom. The number of rotatable bonds is 2. The van der Waals surface area contributed by atoms with Crippen molar-refractivity contribution in [3.8, 4) is 0 Å². The van der Waals surface area contributed by atoms with Crippen molar-refractivity contribution in [2.24, 2.45) is 10.7 Å². The maximum Gasteiger partial charge on any atom is 0.333 e. The first-order valence-electron chi connectivity index (χ1n) is 3.70. The molecule has 5 nitrogen and oxygen atoms in total. The maximum absolute atomic E-state index is 13.7. The molecular weight excluding hydrogens is 250 g/mol. The van der Waals surface area contributed by atoms with Crippen LogP contribution in [0.2, 0.25) is 0 Å². The molecule has 0 spiro atoms. The number of carbonyl (C=O) groups is 1. The molecule has 1 aliphatic heterocycles. The molecule has 1 heterocycles. The number of aliphatic carboxylic acids is 1. The molecule has 0 aromatic carbocycles. The number of aliphatic imine (C=N–C) groups is 1. The standard InChI is InChI=1S/C7H7Cl2FN2O3/c1-15-2-3(11)7(9,10)4(6(13)14)12-5(2)8/h4H,11H2,1H3,(H,13,14). The molecule has 0 saturated heterocycles. The van der Waals surface area contributed by atoms with Crippen molar-refractivity contribution in [3.05, 3.63) is 11.5 Å². The molecular formula is C7H7Cl2FN2O3. The first-order chi connectivity index (χ1) is 6.82. The van der Waals surface area contributed by atoms with Crippen molar-refractivity contribution in [1.82, 2.24) is 0 Å². The largest absolute Gasteiger partial charge is 0.492 e. The Kier molecular flexibility index (Phi) is 3.11. The minimum absolute atomic E-state index is 0.258. The normalized spacial score (nSPS) is 31.2. The fraction of sp³-hybridized carbons (Fsp3) is 0.429. The zero-order valence-electron chi connectivity index (χ0n) is 7.50. The highest BCUT2D eigenvalue weighted by Crippen LogP contribution is 2.36. The molecule has 8 heteroatoms. The van der Waals surface area contributed by atoms with E-state index in [0.717, 1.165) is 0 Å². The highest BCUT2D eigenvalue weighted by atomic mass is 35.5. The quantitative estimate of drug-likeness (QED) is 0.717. The minimum atomic E-state index is -2.84. The van der Waals surface area contributed by atoms with Gasteiger partial charge in [-0.1, -0.05) is 23.2 Å². The zero-order valence-corrected chi connectivity index (χ0v) is 9.01. The van der Waals surface area contributed by atoms with Crippen LogP contribution >= 0.6 is 23.2 Å². The van der Waals surface area contributed by atoms with E-state index in [2.05, 4.69) is 9.73 Å². The van der Waals surface area contributed by atoms with E-state index < -0.39 is 22.8 Å². The van der Waals surface area contributed by atoms with Crippen LogP contribution in [0.5, 0.6) is 0 Å². The predicted octanol–water partition coefficient (Wildman–Crippen LogP) is 0.812. The van der Waals surface area contributed by atoms with Gasteiger partial charge in [0.1, 0.15) is 5.70 Å². The van der Waals surface area contributed by atoms with Crippen LogP contribution in [0.4, 0.5) is 4.39 Å². The molecule has 0 radical (unpaired) electrons. The van der Waals surface area contributed by atoms with Gasteiger partial charge in [0.25, 0.3) is 5.13 Å². The summed E-state index contributed by atoms with van der Waals surface area (Å²) in [5, 5.41) is 5.50. The number of hydrogen-bond acceptors (Lipinski definition) is 4. The second-order valence-corrected chi connectivity index (χ2v) is 3.64. The number of alkyl halides is 2. The number of carboxylic acid groups (broad SMARTS) is 1. The highest BCUT2D eigenvalue weighted by Gasteiger charge is 2.50. The van der Waals surface area contributed by atoms with Gasteiger partial charge in [0, 0.05) is 0 Å². The molecule has 2 unspecified atom stereocenters. The van der Waals surface area contributed by atoms with Crippen molar-refractivity contribution in [3.63, 3.8) is 0 Å². The molecule has 0 aliphatic carbocycles. The lowest BCUT2D eigenvalue weighted by molar-refractivity contribution is -0.140. The van der Waals surface area contributed by atoms with Crippen LogP contribution in [0.1, 0.15) is 0 Å². The first-order valence-corrected chi connectivity index (χ1v) is 4.46. The summed E-state index contributed by atoms with van der Waals surface area (Å²) in [5.74, 6) is -1.82. The molecule has 0 saturated carbocycles. The third kappa shape index (κ3) is 1.87. The van der Waals surface area contributed by atoms with E-state index >= 15 is 0 Å². The van der Waals surface area contributed by atoms with E-state index in [0.29, 0.717) is 0 Å². The summed E-state index contributed by atoms with van der Waals surface area (Å²) in [5.41, 5.74) is 4.71. The Bertz CT molecular complexity index is 367. The van der Waals surface area contributed by atoms with E-state index in [-0.39, 0.29) is 10.9 Å². The Balaban J connectivity index is 3.27. The molecule has 0 bridgehead atoms. The number of dihydropyridines is 1. The lowest BCUT2D eigenvalue weighted by atomic mass is 10.1. The third-order valence-corrected chi connectivity index (χ3v) is 2.49. The number of methoxy groups -OCH3 is 1. The van der Waals surface area contributed by atoms with Crippen LogP contribution in [-0.4, -0.2) is 34.5 Å². The summed E-state index contributed by atoms with van der Waals surface area (Å²) in [4.78, 5) is 14.0. The second-order valence-electron chi connectivity index (χ2n) is 2.73. The van der Waals surface area contributed by atoms with Crippen molar-refractivity contribution in [1.29, 1.82) is 0 Å². The van der Waals surface area contributed by atoms with Crippen molar-refractivity contribution < 1.29 is 19.0 Å². The zero-order chi connectivity index (χ0) is 11.8. The summed E-state index contributed by atoms with van der Waals surface area (Å²) >= 11 is 10.9. The molecule has 1 aliphatic rings. The average molecular weight is 257 g/mol. The van der Waals surface area contributed by atoms with Crippen LogP contribution in [-0.2, 0) is 9.53 Å². The lowest BCUT2D eigenvalue weighted by Crippen LogP contribution is -2.46. The van der Waals surface area contributed by atoms with Crippen LogP contribution < -0.4 is 5.73 Å². The topological polar surface area (TPSA) is 84.9 Å². The summed E-state index contributed by atoms with van der Waals surface area (Å²) in [6.45, 7) is 0. The number of hydrogen-bond donors (Lipinski definition) is 2. The van der Waals surface area contributed by atoms with Gasteiger partial charge in [0.05, 0.1) is 7.11 Å². The number of ether oxygens (including phenoxy) is 1. The first kappa shape index (κ1) is 12.1. The van der Waals surface area contributed by atoms with Gasteiger partial charge in [-0.15, -0.1) is 0 Å². The Morgan fingerprint density at radius 2 is 2.33 bits per heavy atom. The minimum Gasteiger partial charge on any atom is -0.492 e. The predicted molar refractivity (Wildman–Crippen MR) is 52.6 cm³/mol. The summed E-state index contributed by atoms with van der Waals surface area (Å²) < 4.78 is 18.4. The second kappa shape index (κ2) is 3.86. The van der Waals surface area contributed by atoms with Crippen LogP contribution in [0.3, 0.4) is 0 Å². The molecule has 2 atom stereocenters. The van der Waals surface area contributed by atoms with Gasteiger partial charge in [-0.25, -0.2) is 14.2 Å². The van der Waals surface area contributed by atoms with Gasteiger partial charge in [0.15, 0.2) is 10.9 Å². The van der Waals surface area contributed by atoms with Gasteiger partial charge in [-0.05, 0) is 0 Å². The van der Waals surface area contributed by atoms with Crippen molar-refractivity contribution in [2.45, 2.75) is 11.2 Å². The molecule has 15 heavy (non-hydrogen) atoms. The van der Waals surface area contributed by atoms with Crippen LogP contribution in [0.25, 0.3) is 0 Å². The molecule has 0 amide bonds. The fourth-order valence-corrected chi connectivity index (χ4v) is 1.57. The van der Waals surface area contributed by atoms with Gasteiger partial charge >= 0.3 is 5.97 Å². The van der Waals surface area contributed by atoms with E-state index in [1.165, 1.54) is 7.11 Å². The Morgan fingerprint density at radius 1 is 1.80 bits per heavy atom. The van der Waals surface area contributed by atoms with Crippen LogP contribution in [0, 0.1) is 0 Å². The van der Waals surface area contributed by atoms with Gasteiger partial charge in [-0.3, -0.25) is 0 Å². The van der Waals surface area contributed by atoms with E-state index in [9.17, 15) is 9.18 Å². The average Bonchev–Trinajstić information content (AvgIpc) is 2.12. The van der Waals surface area contributed by atoms with Gasteiger partial charge in [0.2, 0.25) is 6.04 Å². The molecule has 84 valence electrons. The maximum atomic E-state index is 13.7. The van der Waals surface area contributed by atoms with Gasteiger partial charge in [-0.2, -0.15) is 0 Å².